The summed E-state index contributed by atoms with van der Waals surface area (Å²) in [6, 6.07) is 0. The molecule has 0 spiro atoms. The Hall–Kier alpha value is -0.390. The zero-order chi connectivity index (χ0) is 19.2. The van der Waals surface area contributed by atoms with E-state index >= 15 is 0 Å². The van der Waals surface area contributed by atoms with Gasteiger partial charge < -0.3 is 11.6 Å². The molecular weight excluding hydrogens is 329 g/mol. The molecule has 5 nitrogen and oxygen atoms in total. The maximum absolute atomic E-state index is 9.47. The van der Waals surface area contributed by atoms with Crippen molar-refractivity contribution in [1.82, 2.24) is 0 Å². The number of aliphatic carboxylic acids is 2. The molecule has 0 aromatic heterocycles. The summed E-state index contributed by atoms with van der Waals surface area (Å²) in [6.45, 7) is 7.39. The molecule has 146 valence electrons. The predicted octanol–water partition coefficient (Wildman–Crippen LogP) is 3.03. The molecule has 0 atom stereocenters. The minimum Gasteiger partial charge on any atom is -1.00 e. The summed E-state index contributed by atoms with van der Waals surface area (Å²) in [6.07, 6.45) is 16.2. The van der Waals surface area contributed by atoms with Crippen molar-refractivity contribution in [3.8, 4) is 0 Å². The van der Waals surface area contributed by atoms with Crippen LogP contribution in [-0.4, -0.2) is 27.9 Å². The van der Waals surface area contributed by atoms with E-state index in [9.17, 15) is 9.59 Å². The molecule has 0 aliphatic carbocycles. The Morgan fingerprint density at radius 1 is 0.760 bits per heavy atom. The van der Waals surface area contributed by atoms with Crippen LogP contribution in [0.25, 0.3) is 0 Å². The van der Waals surface area contributed by atoms with E-state index in [0.29, 0.717) is 0 Å². The fourth-order valence-corrected chi connectivity index (χ4v) is 1.74. The monoisotopic (exact) mass is 369 g/mol. The fourth-order valence-electron chi connectivity index (χ4n) is 1.74. The smallest absolute Gasteiger partial charge is 1.00 e. The molecule has 0 bridgehead atoms. The quantitative estimate of drug-likeness (QED) is 0.280. The van der Waals surface area contributed by atoms with Gasteiger partial charge in [0.1, 0.15) is 5.71 Å². The molecule has 0 saturated heterocycles. The van der Waals surface area contributed by atoms with Crippen LogP contribution in [0.4, 0.5) is 0 Å². The third-order valence-electron chi connectivity index (χ3n) is 3.33. The van der Waals surface area contributed by atoms with Crippen molar-refractivity contribution < 1.29 is 50.8 Å². The van der Waals surface area contributed by atoms with E-state index in [4.69, 9.17) is 15.6 Å². The zero-order valence-electron chi connectivity index (χ0n) is 18.2. The second-order valence-corrected chi connectivity index (χ2v) is 5.86. The van der Waals surface area contributed by atoms with Gasteiger partial charge in [-0.2, -0.15) is 0 Å². The van der Waals surface area contributed by atoms with Gasteiger partial charge in [0.05, 0.1) is 0 Å². The average Bonchev–Trinajstić information content (AvgIpc) is 2.54. The number of rotatable bonds is 12. The van der Waals surface area contributed by atoms with E-state index in [1.165, 1.54) is 77.6 Å². The number of nitrogens with one attached hydrogen (secondary N) is 1. The third-order valence-corrected chi connectivity index (χ3v) is 3.33. The van der Waals surface area contributed by atoms with Crippen LogP contribution in [-0.2, 0) is 9.59 Å². The first-order valence-electron chi connectivity index (χ1n) is 9.33. The van der Waals surface area contributed by atoms with Crippen LogP contribution in [0.2, 0.25) is 0 Å². The molecule has 25 heavy (non-hydrogen) atoms. The Labute approximate surface area is 178 Å². The van der Waals surface area contributed by atoms with Crippen LogP contribution < -0.4 is 29.6 Å². The predicted molar refractivity (Wildman–Crippen MR) is 102 cm³/mol. The van der Waals surface area contributed by atoms with Crippen LogP contribution in [0.5, 0.6) is 0 Å². The van der Waals surface area contributed by atoms with Gasteiger partial charge in [0.25, 0.3) is 0 Å². The minimum absolute atomic E-state index is 0. The molecule has 0 rings (SSSR count). The molecule has 0 aromatic carbocycles. The Balaban J connectivity index is -0.0000000954. The van der Waals surface area contributed by atoms with Gasteiger partial charge in [-0.25, -0.2) is 4.79 Å². The van der Waals surface area contributed by atoms with Crippen molar-refractivity contribution in [3.05, 3.63) is 0 Å². The van der Waals surface area contributed by atoms with Crippen molar-refractivity contribution in [2.45, 2.75) is 105 Å². The topological polar surface area (TPSA) is 98.5 Å². The minimum atomic E-state index is -1.16. The van der Waals surface area contributed by atoms with E-state index in [-0.39, 0.29) is 43.1 Å². The van der Waals surface area contributed by atoms with Gasteiger partial charge in [0, 0.05) is 6.42 Å². The number of hydrogen-bond donors (Lipinski definition) is 3. The second-order valence-electron chi connectivity index (χ2n) is 5.86. The van der Waals surface area contributed by atoms with Crippen LogP contribution in [0.15, 0.2) is 0 Å². The number of hydrogen-bond acceptors (Lipinski definition) is 3. The van der Waals surface area contributed by atoms with Crippen molar-refractivity contribution in [2.75, 3.05) is 0 Å². The Kier molecular flexibility index (Phi) is 36.7. The van der Waals surface area contributed by atoms with E-state index in [2.05, 4.69) is 13.8 Å². The Bertz CT molecular complexity index is 294. The van der Waals surface area contributed by atoms with E-state index in [0.717, 1.165) is 0 Å². The van der Waals surface area contributed by atoms with Crippen molar-refractivity contribution >= 4 is 17.7 Å². The molecule has 0 aliphatic heterocycles. The Morgan fingerprint density at radius 3 is 1.08 bits per heavy atom. The van der Waals surface area contributed by atoms with Gasteiger partial charge in [-0.1, -0.05) is 91.4 Å². The Morgan fingerprint density at radius 2 is 0.960 bits per heavy atom. The average molecular weight is 370 g/mol. The van der Waals surface area contributed by atoms with Gasteiger partial charge in [0.2, 0.25) is 0 Å². The van der Waals surface area contributed by atoms with Crippen molar-refractivity contribution in [2.24, 2.45) is 0 Å². The molecule has 0 radical (unpaired) electrons. The summed E-state index contributed by atoms with van der Waals surface area (Å²) in [5.41, 5.74) is -0.324. The number of carboxylic acids is 2. The third kappa shape index (κ3) is 45.2. The molecule has 6 heteroatoms. The molecule has 0 aromatic rings. The summed E-state index contributed by atoms with van der Waals surface area (Å²) in [5, 5.41) is 21.8. The van der Waals surface area contributed by atoms with Gasteiger partial charge in [-0.15, -0.1) is 0 Å². The second kappa shape index (κ2) is 28.4. The summed E-state index contributed by atoms with van der Waals surface area (Å²) in [4.78, 5) is 18.8. The van der Waals surface area contributed by atoms with Gasteiger partial charge >= 0.3 is 41.5 Å². The van der Waals surface area contributed by atoms with Gasteiger partial charge in [0.15, 0.2) is 0 Å². The molecule has 0 heterocycles. The SMILES string of the molecule is CC(=N)C(=O)O.CCC(=O)O.CCCCCCCCCCCCC.[H-].[Na+]. The van der Waals surface area contributed by atoms with E-state index < -0.39 is 11.9 Å². The molecule has 0 aliphatic rings. The van der Waals surface area contributed by atoms with Crippen LogP contribution in [0.3, 0.4) is 0 Å². The van der Waals surface area contributed by atoms with Crippen LogP contribution in [0, 0.1) is 5.41 Å². The van der Waals surface area contributed by atoms with Gasteiger partial charge in [-0.3, -0.25) is 10.2 Å². The maximum Gasteiger partial charge on any atom is 1.00 e. The maximum atomic E-state index is 9.47. The van der Waals surface area contributed by atoms with E-state index in [1.54, 1.807) is 6.92 Å². The van der Waals surface area contributed by atoms with Crippen molar-refractivity contribution in [1.29, 1.82) is 5.41 Å². The summed E-state index contributed by atoms with van der Waals surface area (Å²) in [7, 11) is 0. The van der Waals surface area contributed by atoms with E-state index in [1.807, 2.05) is 0 Å². The number of unbranched alkanes of at least 4 members (excludes halogenated alkanes) is 10. The molecule has 0 unspecified atom stereocenters. The molecular formula is C19H40NNaO4. The molecule has 3 N–H and O–H groups in total. The first-order chi connectivity index (χ1) is 11.3. The van der Waals surface area contributed by atoms with Gasteiger partial charge in [-0.05, 0) is 6.92 Å². The fraction of sp³-hybridized carbons (Fsp3) is 0.842. The normalized spacial score (nSPS) is 8.80. The summed E-state index contributed by atoms with van der Waals surface area (Å²) >= 11 is 0. The van der Waals surface area contributed by atoms with Crippen molar-refractivity contribution in [3.63, 3.8) is 0 Å². The molecule has 0 amide bonds. The summed E-state index contributed by atoms with van der Waals surface area (Å²) < 4.78 is 0. The first kappa shape index (κ1) is 32.3. The number of carbonyl (C=O) groups is 2. The molecule has 0 fully saturated rings. The largest absolute Gasteiger partial charge is 1.00 e. The van der Waals surface area contributed by atoms with Crippen LogP contribution >= 0.6 is 0 Å². The zero-order valence-corrected chi connectivity index (χ0v) is 19.2. The first-order valence-corrected chi connectivity index (χ1v) is 9.33. The standard InChI is InChI=1S/C13H28.C3H5NO2.C3H6O2.Na.H/c1-3-5-7-9-11-13-12-10-8-6-4-2;1-2(4)3(5)6;1-2-3(4)5;;/h3-13H2,1-2H3;4H,1H3,(H,5,6);2H2,1H3,(H,4,5);;/q;;;+1;-1. The van der Waals surface area contributed by atoms with Crippen LogP contribution in [0.1, 0.15) is 106 Å². The summed E-state index contributed by atoms with van der Waals surface area (Å²) in [5.74, 6) is -1.90. The number of carboxylic acid groups (broad SMARTS) is 2. The molecule has 0 saturated carbocycles.